The molecular weight excluding hydrogens is 196 g/mol. The van der Waals surface area contributed by atoms with E-state index in [0.717, 1.165) is 12.1 Å². The van der Waals surface area contributed by atoms with Crippen LogP contribution >= 0.6 is 0 Å². The van der Waals surface area contributed by atoms with Crippen molar-refractivity contribution in [1.82, 2.24) is 9.80 Å². The Bertz CT molecular complexity index is 191. The number of hydrogen-bond donors (Lipinski definition) is 0. The molecule has 1 rings (SSSR count). The van der Waals surface area contributed by atoms with Gasteiger partial charge >= 0.3 is 0 Å². The molecule has 2 nitrogen and oxygen atoms in total. The van der Waals surface area contributed by atoms with Gasteiger partial charge in [-0.2, -0.15) is 0 Å². The third-order valence-corrected chi connectivity index (χ3v) is 3.88. The summed E-state index contributed by atoms with van der Waals surface area (Å²) in [4.78, 5) is 5.32. The van der Waals surface area contributed by atoms with E-state index in [4.69, 9.17) is 0 Å². The number of rotatable bonds is 5. The largest absolute Gasteiger partial charge is 0.298 e. The molecule has 0 aromatic carbocycles. The van der Waals surface area contributed by atoms with Crippen molar-refractivity contribution in [3.05, 3.63) is 0 Å². The number of hydrogen-bond acceptors (Lipinski definition) is 2. The van der Waals surface area contributed by atoms with E-state index in [1.807, 2.05) is 0 Å². The topological polar surface area (TPSA) is 6.48 Å². The minimum Gasteiger partial charge on any atom is -0.298 e. The molecule has 1 aliphatic rings. The Kier molecular flexibility index (Phi) is 5.77. The van der Waals surface area contributed by atoms with Crippen LogP contribution in [-0.4, -0.2) is 47.6 Å². The molecule has 1 aliphatic heterocycles. The first kappa shape index (κ1) is 14.0. The van der Waals surface area contributed by atoms with Gasteiger partial charge in [0.05, 0.1) is 0 Å². The van der Waals surface area contributed by atoms with Gasteiger partial charge in [-0.15, -0.1) is 0 Å². The van der Waals surface area contributed by atoms with Gasteiger partial charge in [0.1, 0.15) is 0 Å². The maximum atomic E-state index is 2.68. The van der Waals surface area contributed by atoms with E-state index in [1.54, 1.807) is 0 Å². The van der Waals surface area contributed by atoms with Gasteiger partial charge < -0.3 is 0 Å². The molecule has 0 spiro atoms. The van der Waals surface area contributed by atoms with Gasteiger partial charge in [0.2, 0.25) is 0 Å². The quantitative estimate of drug-likeness (QED) is 0.665. The summed E-state index contributed by atoms with van der Waals surface area (Å²) in [5.41, 5.74) is 0. The highest BCUT2D eigenvalue weighted by molar-refractivity contribution is 4.85. The second kappa shape index (κ2) is 6.61. The van der Waals surface area contributed by atoms with Crippen molar-refractivity contribution in [1.29, 1.82) is 0 Å². The highest BCUT2D eigenvalue weighted by atomic mass is 15.3. The lowest BCUT2D eigenvalue weighted by atomic mass is 10.1. The van der Waals surface area contributed by atoms with Gasteiger partial charge in [-0.25, -0.2) is 0 Å². The Hall–Kier alpha value is -0.0800. The van der Waals surface area contributed by atoms with Gasteiger partial charge in [0.15, 0.2) is 0 Å². The van der Waals surface area contributed by atoms with Crippen molar-refractivity contribution in [2.45, 2.75) is 72.0 Å². The molecule has 0 radical (unpaired) electrons. The third-order valence-electron chi connectivity index (χ3n) is 3.88. The summed E-state index contributed by atoms with van der Waals surface area (Å²) in [6.45, 7) is 15.5. The molecule has 0 aromatic heterocycles. The van der Waals surface area contributed by atoms with E-state index in [9.17, 15) is 0 Å². The highest BCUT2D eigenvalue weighted by Crippen LogP contribution is 2.18. The van der Waals surface area contributed by atoms with E-state index in [1.165, 1.54) is 38.9 Å². The Balaban J connectivity index is 2.40. The standard InChI is InChI=1S/C14H30N2/c1-6-7-8-9-15-10-14(5)16(12(2)3)11-13(15)4/h12-14H,6-11H2,1-5H3/t13-,14+/m1/s1. The van der Waals surface area contributed by atoms with E-state index >= 15 is 0 Å². The van der Waals surface area contributed by atoms with Gasteiger partial charge in [-0.05, 0) is 40.7 Å². The van der Waals surface area contributed by atoms with E-state index in [2.05, 4.69) is 44.4 Å². The molecule has 0 saturated carbocycles. The summed E-state index contributed by atoms with van der Waals surface area (Å²) >= 11 is 0. The van der Waals surface area contributed by atoms with Crippen LogP contribution in [0.25, 0.3) is 0 Å². The second-order valence-corrected chi connectivity index (χ2v) is 5.69. The van der Waals surface area contributed by atoms with E-state index in [-0.39, 0.29) is 0 Å². The summed E-state index contributed by atoms with van der Waals surface area (Å²) < 4.78 is 0. The lowest BCUT2D eigenvalue weighted by Gasteiger charge is -2.46. The molecule has 0 N–H and O–H groups in total. The first-order valence-electron chi connectivity index (χ1n) is 7.06. The highest BCUT2D eigenvalue weighted by Gasteiger charge is 2.29. The van der Waals surface area contributed by atoms with Crippen molar-refractivity contribution >= 4 is 0 Å². The molecule has 0 aromatic rings. The van der Waals surface area contributed by atoms with Crippen LogP contribution in [0.4, 0.5) is 0 Å². The molecule has 2 heteroatoms. The molecule has 16 heavy (non-hydrogen) atoms. The Labute approximate surface area is 102 Å². The summed E-state index contributed by atoms with van der Waals surface area (Å²) in [5.74, 6) is 0. The van der Waals surface area contributed by atoms with Crippen LogP contribution in [0.15, 0.2) is 0 Å². The predicted molar refractivity (Wildman–Crippen MR) is 71.9 cm³/mol. The summed E-state index contributed by atoms with van der Waals surface area (Å²) in [6.07, 6.45) is 4.08. The fourth-order valence-corrected chi connectivity index (χ4v) is 2.82. The summed E-state index contributed by atoms with van der Waals surface area (Å²) in [6, 6.07) is 2.14. The molecule has 2 atom stereocenters. The Morgan fingerprint density at radius 2 is 1.75 bits per heavy atom. The van der Waals surface area contributed by atoms with Crippen molar-refractivity contribution in [2.75, 3.05) is 19.6 Å². The average Bonchev–Trinajstić information content (AvgIpc) is 2.22. The number of nitrogens with zero attached hydrogens (tertiary/aromatic N) is 2. The fraction of sp³-hybridized carbons (Fsp3) is 1.00. The zero-order chi connectivity index (χ0) is 12.1. The maximum Gasteiger partial charge on any atom is 0.0198 e. The molecule has 0 bridgehead atoms. The van der Waals surface area contributed by atoms with Crippen LogP contribution in [0.3, 0.4) is 0 Å². The third kappa shape index (κ3) is 3.74. The Morgan fingerprint density at radius 1 is 1.06 bits per heavy atom. The molecule has 1 saturated heterocycles. The molecule has 1 heterocycles. The lowest BCUT2D eigenvalue weighted by Crippen LogP contribution is -2.58. The normalized spacial score (nSPS) is 28.9. The molecule has 96 valence electrons. The minimum absolute atomic E-state index is 0.690. The maximum absolute atomic E-state index is 2.68. The van der Waals surface area contributed by atoms with Crippen LogP contribution in [0.5, 0.6) is 0 Å². The van der Waals surface area contributed by atoms with Gasteiger partial charge in [0, 0.05) is 31.2 Å². The van der Waals surface area contributed by atoms with Gasteiger partial charge in [-0.3, -0.25) is 9.80 Å². The van der Waals surface area contributed by atoms with Crippen LogP contribution in [0, 0.1) is 0 Å². The number of unbranched alkanes of at least 4 members (excludes halogenated alkanes) is 2. The monoisotopic (exact) mass is 226 g/mol. The summed E-state index contributed by atoms with van der Waals surface area (Å²) in [7, 11) is 0. The van der Waals surface area contributed by atoms with E-state index < -0.39 is 0 Å². The number of piperazine rings is 1. The predicted octanol–water partition coefficient (Wildman–Crippen LogP) is 2.98. The zero-order valence-electron chi connectivity index (χ0n) is 11.9. The van der Waals surface area contributed by atoms with Gasteiger partial charge in [-0.1, -0.05) is 19.8 Å². The minimum atomic E-state index is 0.690. The first-order valence-corrected chi connectivity index (χ1v) is 7.06. The van der Waals surface area contributed by atoms with Crippen molar-refractivity contribution < 1.29 is 0 Å². The smallest absolute Gasteiger partial charge is 0.0198 e. The molecule has 0 aliphatic carbocycles. The summed E-state index contributed by atoms with van der Waals surface area (Å²) in [5, 5.41) is 0. The van der Waals surface area contributed by atoms with E-state index in [0.29, 0.717) is 6.04 Å². The second-order valence-electron chi connectivity index (χ2n) is 5.69. The zero-order valence-corrected chi connectivity index (χ0v) is 11.9. The van der Waals surface area contributed by atoms with Crippen LogP contribution in [0.1, 0.15) is 53.9 Å². The lowest BCUT2D eigenvalue weighted by molar-refractivity contribution is 0.0230. The SMILES string of the molecule is CCCCCN1C[C@H](C)N(C(C)C)C[C@H]1C. The molecule has 0 amide bonds. The molecular formula is C14H30N2. The van der Waals surface area contributed by atoms with Gasteiger partial charge in [0.25, 0.3) is 0 Å². The fourth-order valence-electron chi connectivity index (χ4n) is 2.82. The van der Waals surface area contributed by atoms with Crippen LogP contribution in [0.2, 0.25) is 0 Å². The first-order chi connectivity index (χ1) is 7.56. The van der Waals surface area contributed by atoms with Crippen molar-refractivity contribution in [3.63, 3.8) is 0 Å². The van der Waals surface area contributed by atoms with Crippen LogP contribution in [-0.2, 0) is 0 Å². The average molecular weight is 226 g/mol. The molecule has 0 unspecified atom stereocenters. The molecule has 1 fully saturated rings. The van der Waals surface area contributed by atoms with Crippen molar-refractivity contribution in [3.8, 4) is 0 Å². The van der Waals surface area contributed by atoms with Crippen LogP contribution < -0.4 is 0 Å². The Morgan fingerprint density at radius 3 is 2.31 bits per heavy atom. The van der Waals surface area contributed by atoms with Crippen molar-refractivity contribution in [2.24, 2.45) is 0 Å².